The van der Waals surface area contributed by atoms with E-state index >= 15 is 0 Å². The van der Waals surface area contributed by atoms with E-state index in [1.165, 1.54) is 5.52 Å². The summed E-state index contributed by atoms with van der Waals surface area (Å²) in [5, 5.41) is 4.88. The number of nitrogens with one attached hydrogen (secondary N) is 1. The molecule has 4 heterocycles. The van der Waals surface area contributed by atoms with E-state index in [0.29, 0.717) is 36.0 Å². The van der Waals surface area contributed by atoms with Crippen LogP contribution in [0.4, 0.5) is 11.6 Å². The summed E-state index contributed by atoms with van der Waals surface area (Å²) in [5.41, 5.74) is 2.51. The first kappa shape index (κ1) is 28.3. The van der Waals surface area contributed by atoms with Crippen molar-refractivity contribution in [3.8, 4) is 5.82 Å². The van der Waals surface area contributed by atoms with Gasteiger partial charge in [-0.25, -0.2) is 19.3 Å². The molecule has 5 aromatic rings. The Morgan fingerprint density at radius 3 is 2.71 bits per heavy atom. The van der Waals surface area contributed by atoms with E-state index in [9.17, 15) is 4.79 Å². The Hall–Kier alpha value is -4.28. The number of hydrogen-bond acceptors (Lipinski definition) is 7. The maximum absolute atomic E-state index is 13.5. The first-order valence-corrected chi connectivity index (χ1v) is 13.9. The molecule has 214 valence electrons. The summed E-state index contributed by atoms with van der Waals surface area (Å²) in [6.07, 6.45) is 7.54. The molecule has 4 aromatic heterocycles. The van der Waals surface area contributed by atoms with E-state index in [1.807, 2.05) is 64.1 Å². The molecule has 10 heteroatoms. The van der Waals surface area contributed by atoms with Gasteiger partial charge in [0.2, 0.25) is 5.95 Å². The van der Waals surface area contributed by atoms with Gasteiger partial charge < -0.3 is 19.5 Å². The van der Waals surface area contributed by atoms with Crippen LogP contribution in [0.25, 0.3) is 27.8 Å². The molecular formula is C31H38N8O2. The maximum atomic E-state index is 13.5. The molecule has 0 aliphatic rings. The zero-order chi connectivity index (χ0) is 29.1. The molecule has 41 heavy (non-hydrogen) atoms. The van der Waals surface area contributed by atoms with Crippen molar-refractivity contribution in [1.82, 2.24) is 33.8 Å². The molecule has 1 N–H and O–H groups in total. The highest BCUT2D eigenvalue weighted by atomic mass is 16.5. The summed E-state index contributed by atoms with van der Waals surface area (Å²) in [4.78, 5) is 29.9. The molecule has 0 radical (unpaired) electrons. The Kier molecular flexibility index (Phi) is 8.05. The molecule has 0 atom stereocenters. The van der Waals surface area contributed by atoms with E-state index in [4.69, 9.17) is 14.7 Å². The first-order valence-electron chi connectivity index (χ1n) is 13.9. The number of fused-ring (bicyclic) bond motifs is 2. The van der Waals surface area contributed by atoms with Gasteiger partial charge in [0.15, 0.2) is 11.5 Å². The zero-order valence-electron chi connectivity index (χ0n) is 24.6. The number of allylic oxidation sites excluding steroid dienone is 2. The average Bonchev–Trinajstić information content (AvgIpc) is 3.48. The lowest BCUT2D eigenvalue weighted by atomic mass is 10.0. The smallest absolute Gasteiger partial charge is 0.278 e. The second-order valence-corrected chi connectivity index (χ2v) is 10.7. The van der Waals surface area contributed by atoms with Crippen molar-refractivity contribution in [3.05, 3.63) is 83.1 Å². The van der Waals surface area contributed by atoms with E-state index in [1.54, 1.807) is 15.6 Å². The van der Waals surface area contributed by atoms with Crippen molar-refractivity contribution in [2.45, 2.75) is 46.4 Å². The Bertz CT molecular complexity index is 1760. The van der Waals surface area contributed by atoms with Crippen LogP contribution in [0, 0.1) is 0 Å². The number of ether oxygens (including phenoxy) is 1. The molecule has 0 saturated heterocycles. The summed E-state index contributed by atoms with van der Waals surface area (Å²) in [5.74, 6) is 0.976. The molecule has 0 saturated carbocycles. The highest BCUT2D eigenvalue weighted by Gasteiger charge is 2.24. The van der Waals surface area contributed by atoms with Gasteiger partial charge in [0.05, 0.1) is 12.2 Å². The van der Waals surface area contributed by atoms with Gasteiger partial charge in [-0.1, -0.05) is 18.2 Å². The minimum Gasteiger partial charge on any atom is -0.370 e. The second-order valence-electron chi connectivity index (χ2n) is 10.7. The highest BCUT2D eigenvalue weighted by Crippen LogP contribution is 2.26. The third-order valence-electron chi connectivity index (χ3n) is 7.08. The van der Waals surface area contributed by atoms with Crippen LogP contribution in [0.5, 0.6) is 0 Å². The third-order valence-corrected chi connectivity index (χ3v) is 7.08. The number of nitrogens with zero attached hydrogens (tertiary/aromatic N) is 7. The summed E-state index contributed by atoms with van der Waals surface area (Å²) >= 11 is 0. The lowest BCUT2D eigenvalue weighted by Crippen LogP contribution is -2.25. The molecule has 0 bridgehead atoms. The number of rotatable bonds is 11. The van der Waals surface area contributed by atoms with Gasteiger partial charge in [0.1, 0.15) is 11.0 Å². The van der Waals surface area contributed by atoms with E-state index in [2.05, 4.69) is 58.3 Å². The predicted molar refractivity (Wildman–Crippen MR) is 164 cm³/mol. The monoisotopic (exact) mass is 554 g/mol. The minimum absolute atomic E-state index is 0.179. The fourth-order valence-electron chi connectivity index (χ4n) is 4.91. The molecule has 10 nitrogen and oxygen atoms in total. The Morgan fingerprint density at radius 1 is 1.12 bits per heavy atom. The number of hydrogen-bond donors (Lipinski definition) is 1. The number of pyridine rings is 1. The van der Waals surface area contributed by atoms with E-state index in [-0.39, 0.29) is 5.56 Å². The van der Waals surface area contributed by atoms with Crippen molar-refractivity contribution in [3.63, 3.8) is 0 Å². The number of anilines is 2. The van der Waals surface area contributed by atoms with Gasteiger partial charge in [-0.3, -0.25) is 4.79 Å². The highest BCUT2D eigenvalue weighted by molar-refractivity contribution is 5.85. The van der Waals surface area contributed by atoms with E-state index in [0.717, 1.165) is 29.9 Å². The molecule has 0 aliphatic carbocycles. The number of aromatic nitrogens is 6. The fourth-order valence-corrected chi connectivity index (χ4v) is 4.91. The van der Waals surface area contributed by atoms with Crippen molar-refractivity contribution in [2.75, 3.05) is 32.6 Å². The molecule has 0 unspecified atom stereocenters. The quantitative estimate of drug-likeness (QED) is 0.227. The summed E-state index contributed by atoms with van der Waals surface area (Å²) in [6, 6.07) is 14.1. The first-order chi connectivity index (χ1) is 19.7. The van der Waals surface area contributed by atoms with Gasteiger partial charge in [0, 0.05) is 48.7 Å². The molecule has 5 rings (SSSR count). The standard InChI is InChI=1S/C31H38N8O2/c1-7-9-16-38-29(40)24-21-32-30(33-23-13-14-25-22(20-23)15-17-37(25)19-18-36(5)6)35-28(24)39(38)27-12-10-11-26(34-27)31(3,4)41-8-2/h7,9-15,17,20-21H,8,16,18-19H2,1-6H3,(H,32,33,35)/b9-7-. The summed E-state index contributed by atoms with van der Waals surface area (Å²) in [7, 11) is 4.15. The summed E-state index contributed by atoms with van der Waals surface area (Å²) in [6.45, 7) is 10.7. The van der Waals surface area contributed by atoms with Crippen LogP contribution >= 0.6 is 0 Å². The lowest BCUT2D eigenvalue weighted by molar-refractivity contribution is -0.0173. The lowest BCUT2D eigenvalue weighted by Gasteiger charge is -2.24. The normalized spacial score (nSPS) is 12.4. The predicted octanol–water partition coefficient (Wildman–Crippen LogP) is 5.08. The number of likely N-dealkylation sites (N-methyl/N-ethyl adjacent to an activating group) is 1. The van der Waals surface area contributed by atoms with Gasteiger partial charge >= 0.3 is 0 Å². The van der Waals surface area contributed by atoms with E-state index < -0.39 is 5.60 Å². The van der Waals surface area contributed by atoms with Crippen LogP contribution in [0.3, 0.4) is 0 Å². The van der Waals surface area contributed by atoms with Crippen molar-refractivity contribution < 1.29 is 4.74 Å². The molecule has 0 aliphatic heterocycles. The minimum atomic E-state index is -0.589. The molecule has 0 amide bonds. The third kappa shape index (κ3) is 5.79. The fraction of sp³-hybridized carbons (Fsp3) is 0.355. The zero-order valence-corrected chi connectivity index (χ0v) is 24.6. The van der Waals surface area contributed by atoms with Gasteiger partial charge in [0.25, 0.3) is 5.56 Å². The van der Waals surface area contributed by atoms with Crippen molar-refractivity contribution in [2.24, 2.45) is 0 Å². The van der Waals surface area contributed by atoms with Crippen LogP contribution < -0.4 is 10.9 Å². The van der Waals surface area contributed by atoms with Crippen LogP contribution in [-0.4, -0.2) is 61.0 Å². The maximum Gasteiger partial charge on any atom is 0.278 e. The Morgan fingerprint density at radius 2 is 1.95 bits per heavy atom. The Balaban J connectivity index is 1.55. The molecule has 0 fully saturated rings. The number of benzene rings is 1. The average molecular weight is 555 g/mol. The molecule has 0 spiro atoms. The Labute approximate surface area is 239 Å². The SMILES string of the molecule is C/C=C\Cn1c(=O)c2cnc(Nc3ccc4c(ccn4CCN(C)C)c3)nc2n1-c1cccc(C(C)(C)OCC)n1. The van der Waals surface area contributed by atoms with Gasteiger partial charge in [-0.2, -0.15) is 4.98 Å². The van der Waals surface area contributed by atoms with Crippen LogP contribution in [-0.2, 0) is 23.4 Å². The van der Waals surface area contributed by atoms with Gasteiger partial charge in [-0.15, -0.1) is 0 Å². The van der Waals surface area contributed by atoms with Crippen molar-refractivity contribution in [1.29, 1.82) is 0 Å². The van der Waals surface area contributed by atoms with Crippen LogP contribution in [0.2, 0.25) is 0 Å². The molecular weight excluding hydrogens is 516 g/mol. The van der Waals surface area contributed by atoms with Crippen LogP contribution in [0.1, 0.15) is 33.4 Å². The van der Waals surface area contributed by atoms with Crippen molar-refractivity contribution >= 4 is 33.6 Å². The van der Waals surface area contributed by atoms with Crippen LogP contribution in [0.15, 0.2) is 71.8 Å². The molecule has 1 aromatic carbocycles. The summed E-state index contributed by atoms with van der Waals surface area (Å²) < 4.78 is 11.6. The second kappa shape index (κ2) is 11.7. The largest absolute Gasteiger partial charge is 0.370 e. The topological polar surface area (TPSA) is 95.0 Å². The van der Waals surface area contributed by atoms with Gasteiger partial charge in [-0.05, 0) is 78.2 Å².